The Balaban J connectivity index is 1.51. The van der Waals surface area contributed by atoms with Gasteiger partial charge in [0.15, 0.2) is 0 Å². The van der Waals surface area contributed by atoms with Gasteiger partial charge in [-0.2, -0.15) is 0 Å². The van der Waals surface area contributed by atoms with E-state index in [4.69, 9.17) is 0 Å². The molecule has 1 aromatic carbocycles. The average molecular weight is 351 g/mol. The van der Waals surface area contributed by atoms with E-state index in [2.05, 4.69) is 5.32 Å². The molecule has 0 aromatic heterocycles. The first-order valence-electron chi connectivity index (χ1n) is 8.84. The summed E-state index contributed by atoms with van der Waals surface area (Å²) in [6, 6.07) is 2.59. The lowest BCUT2D eigenvalue weighted by Crippen LogP contribution is -2.53. The van der Waals surface area contributed by atoms with Gasteiger partial charge in [0.05, 0.1) is 5.69 Å². The highest BCUT2D eigenvalue weighted by molar-refractivity contribution is 5.89. The number of halogens is 2. The van der Waals surface area contributed by atoms with Crippen molar-refractivity contribution in [1.82, 2.24) is 9.80 Å². The van der Waals surface area contributed by atoms with Gasteiger partial charge < -0.3 is 15.1 Å². The lowest BCUT2D eigenvalue weighted by molar-refractivity contribution is -0.138. The molecule has 1 heterocycles. The average Bonchev–Trinajstić information content (AvgIpc) is 2.64. The zero-order valence-electron chi connectivity index (χ0n) is 14.1. The molecule has 3 amide bonds. The lowest BCUT2D eigenvalue weighted by Gasteiger charge is -2.37. The largest absolute Gasteiger partial charge is 0.339 e. The molecule has 2 fully saturated rings. The van der Waals surface area contributed by atoms with Gasteiger partial charge in [-0.3, -0.25) is 4.79 Å². The van der Waals surface area contributed by atoms with Crippen LogP contribution < -0.4 is 5.32 Å². The molecule has 1 aliphatic carbocycles. The molecule has 7 heteroatoms. The molecule has 1 aromatic rings. The van der Waals surface area contributed by atoms with Crippen LogP contribution in [0.25, 0.3) is 0 Å². The highest BCUT2D eigenvalue weighted by Crippen LogP contribution is 2.26. The summed E-state index contributed by atoms with van der Waals surface area (Å²) in [6.07, 6.45) is 5.36. The van der Waals surface area contributed by atoms with Gasteiger partial charge in [0, 0.05) is 38.2 Å². The van der Waals surface area contributed by atoms with Gasteiger partial charge >= 0.3 is 6.03 Å². The van der Waals surface area contributed by atoms with Gasteiger partial charge in [0.1, 0.15) is 11.6 Å². The summed E-state index contributed by atoms with van der Waals surface area (Å²) in [5.74, 6) is -1.17. The van der Waals surface area contributed by atoms with Gasteiger partial charge in [0.25, 0.3) is 0 Å². The Kier molecular flexibility index (Phi) is 5.50. The summed E-state index contributed by atoms with van der Waals surface area (Å²) in [7, 11) is 0. The van der Waals surface area contributed by atoms with Crippen molar-refractivity contribution in [2.75, 3.05) is 31.5 Å². The molecular weight excluding hydrogens is 328 g/mol. The van der Waals surface area contributed by atoms with E-state index < -0.39 is 17.7 Å². The summed E-state index contributed by atoms with van der Waals surface area (Å²) in [6.45, 7) is 1.81. The smallest absolute Gasteiger partial charge is 0.322 e. The van der Waals surface area contributed by atoms with Gasteiger partial charge in [-0.05, 0) is 25.0 Å². The number of urea groups is 1. The van der Waals surface area contributed by atoms with Crippen LogP contribution in [-0.2, 0) is 4.79 Å². The highest BCUT2D eigenvalue weighted by Gasteiger charge is 2.29. The van der Waals surface area contributed by atoms with E-state index in [-0.39, 0.29) is 17.5 Å². The van der Waals surface area contributed by atoms with Crippen LogP contribution in [0.4, 0.5) is 19.3 Å². The molecule has 0 spiro atoms. The maximum absolute atomic E-state index is 13.6. The van der Waals surface area contributed by atoms with Crippen LogP contribution in [0.3, 0.4) is 0 Å². The van der Waals surface area contributed by atoms with Crippen LogP contribution in [0.15, 0.2) is 18.2 Å². The molecule has 0 unspecified atom stereocenters. The molecule has 2 aliphatic rings. The Morgan fingerprint density at radius 1 is 0.960 bits per heavy atom. The number of carbonyl (C=O) groups is 2. The molecule has 1 saturated heterocycles. The number of carbonyl (C=O) groups excluding carboxylic acids is 2. The van der Waals surface area contributed by atoms with E-state index in [1.165, 1.54) is 12.5 Å². The Bertz CT molecular complexity index is 639. The molecule has 1 N–H and O–H groups in total. The number of nitrogens with one attached hydrogen (secondary N) is 1. The number of hydrogen-bond donors (Lipinski definition) is 1. The van der Waals surface area contributed by atoms with Crippen LogP contribution in [0.5, 0.6) is 0 Å². The number of hydrogen-bond acceptors (Lipinski definition) is 2. The Morgan fingerprint density at radius 2 is 1.60 bits per heavy atom. The predicted molar refractivity (Wildman–Crippen MR) is 90.1 cm³/mol. The number of benzene rings is 1. The summed E-state index contributed by atoms with van der Waals surface area (Å²) in [4.78, 5) is 28.1. The van der Waals surface area contributed by atoms with Crippen LogP contribution in [0.2, 0.25) is 0 Å². The number of anilines is 1. The number of amides is 3. The first-order chi connectivity index (χ1) is 12.0. The second-order valence-corrected chi connectivity index (χ2v) is 6.70. The number of nitrogens with zero attached hydrogens (tertiary/aromatic N) is 2. The van der Waals surface area contributed by atoms with Crippen LogP contribution >= 0.6 is 0 Å². The topological polar surface area (TPSA) is 52.7 Å². The van der Waals surface area contributed by atoms with Gasteiger partial charge in [-0.15, -0.1) is 0 Å². The fraction of sp³-hybridized carbons (Fsp3) is 0.556. The van der Waals surface area contributed by atoms with Crippen LogP contribution in [-0.4, -0.2) is 47.9 Å². The SMILES string of the molecule is O=C(Nc1ccc(F)cc1F)N1CCN(C(=O)C2CCCCC2)CC1. The minimum Gasteiger partial charge on any atom is -0.339 e. The Hall–Kier alpha value is -2.18. The second-order valence-electron chi connectivity index (χ2n) is 6.70. The van der Waals surface area contributed by atoms with Crippen molar-refractivity contribution < 1.29 is 18.4 Å². The fourth-order valence-electron chi connectivity index (χ4n) is 3.52. The monoisotopic (exact) mass is 351 g/mol. The van der Waals surface area contributed by atoms with Crippen molar-refractivity contribution in [2.24, 2.45) is 5.92 Å². The van der Waals surface area contributed by atoms with E-state index >= 15 is 0 Å². The summed E-state index contributed by atoms with van der Waals surface area (Å²) in [5.41, 5.74) is -0.0490. The molecule has 0 radical (unpaired) electrons. The van der Waals surface area contributed by atoms with Crippen LogP contribution in [0.1, 0.15) is 32.1 Å². The fourth-order valence-corrected chi connectivity index (χ4v) is 3.52. The van der Waals surface area contributed by atoms with E-state index in [1.807, 2.05) is 4.90 Å². The molecule has 0 atom stereocenters. The second kappa shape index (κ2) is 7.80. The third-order valence-electron chi connectivity index (χ3n) is 5.01. The highest BCUT2D eigenvalue weighted by atomic mass is 19.1. The molecule has 5 nitrogen and oxygen atoms in total. The maximum Gasteiger partial charge on any atom is 0.322 e. The number of piperazine rings is 1. The van der Waals surface area contributed by atoms with Crippen molar-refractivity contribution in [1.29, 1.82) is 0 Å². The third kappa shape index (κ3) is 4.27. The predicted octanol–water partition coefficient (Wildman–Crippen LogP) is 3.22. The van der Waals surface area contributed by atoms with Crippen molar-refractivity contribution in [3.05, 3.63) is 29.8 Å². The quantitative estimate of drug-likeness (QED) is 0.889. The van der Waals surface area contributed by atoms with Crippen LogP contribution in [0, 0.1) is 17.6 Å². The third-order valence-corrected chi connectivity index (χ3v) is 5.01. The Morgan fingerprint density at radius 3 is 2.24 bits per heavy atom. The standard InChI is InChI=1S/C18H23F2N3O2/c19-14-6-7-16(15(20)12-14)21-18(25)23-10-8-22(9-11-23)17(24)13-4-2-1-3-5-13/h6-7,12-13H,1-5,8-11H2,(H,21,25). The first-order valence-corrected chi connectivity index (χ1v) is 8.84. The van der Waals surface area contributed by atoms with Crippen molar-refractivity contribution in [3.8, 4) is 0 Å². The molecule has 3 rings (SSSR count). The maximum atomic E-state index is 13.6. The first kappa shape index (κ1) is 17.6. The normalized spacial score (nSPS) is 19.0. The molecule has 136 valence electrons. The van der Waals surface area contributed by atoms with Crippen molar-refractivity contribution >= 4 is 17.6 Å². The van der Waals surface area contributed by atoms with E-state index in [1.54, 1.807) is 4.90 Å². The summed E-state index contributed by atoms with van der Waals surface area (Å²) in [5, 5.41) is 2.46. The molecular formula is C18H23F2N3O2. The summed E-state index contributed by atoms with van der Waals surface area (Å²) >= 11 is 0. The molecule has 0 bridgehead atoms. The van der Waals surface area contributed by atoms with E-state index in [0.717, 1.165) is 37.8 Å². The van der Waals surface area contributed by atoms with Crippen molar-refractivity contribution in [2.45, 2.75) is 32.1 Å². The zero-order chi connectivity index (χ0) is 17.8. The lowest BCUT2D eigenvalue weighted by atomic mass is 9.88. The van der Waals surface area contributed by atoms with Gasteiger partial charge in [-0.25, -0.2) is 13.6 Å². The zero-order valence-corrected chi connectivity index (χ0v) is 14.1. The van der Waals surface area contributed by atoms with Gasteiger partial charge in [-0.1, -0.05) is 19.3 Å². The minimum absolute atomic E-state index is 0.0490. The summed E-state index contributed by atoms with van der Waals surface area (Å²) < 4.78 is 26.5. The van der Waals surface area contributed by atoms with Crippen molar-refractivity contribution in [3.63, 3.8) is 0 Å². The van der Waals surface area contributed by atoms with E-state index in [0.29, 0.717) is 26.2 Å². The number of rotatable bonds is 2. The minimum atomic E-state index is -0.806. The molecule has 1 saturated carbocycles. The Labute approximate surface area is 146 Å². The molecule has 25 heavy (non-hydrogen) atoms. The van der Waals surface area contributed by atoms with E-state index in [9.17, 15) is 18.4 Å². The van der Waals surface area contributed by atoms with Gasteiger partial charge in [0.2, 0.25) is 5.91 Å². The molecule has 1 aliphatic heterocycles.